The highest BCUT2D eigenvalue weighted by molar-refractivity contribution is 7.99. The summed E-state index contributed by atoms with van der Waals surface area (Å²) in [6, 6.07) is 11.1. The van der Waals surface area contributed by atoms with E-state index in [1.54, 1.807) is 6.07 Å². The van der Waals surface area contributed by atoms with E-state index < -0.39 is 0 Å². The predicted molar refractivity (Wildman–Crippen MR) is 85.6 cm³/mol. The van der Waals surface area contributed by atoms with Crippen molar-refractivity contribution >= 4 is 23.1 Å². The van der Waals surface area contributed by atoms with Crippen LogP contribution in [0, 0.1) is 5.82 Å². The number of thioether (sulfide) groups is 1. The molecular weight excluding hydrogens is 287 g/mol. The molecule has 2 aromatic carbocycles. The van der Waals surface area contributed by atoms with Gasteiger partial charge in [0, 0.05) is 29.4 Å². The highest BCUT2D eigenvalue weighted by atomic mass is 32.2. The van der Waals surface area contributed by atoms with Crippen LogP contribution < -0.4 is 15.4 Å². The van der Waals surface area contributed by atoms with Crippen molar-refractivity contribution < 1.29 is 9.13 Å². The largest absolute Gasteiger partial charge is 0.494 e. The first kappa shape index (κ1) is 14.1. The van der Waals surface area contributed by atoms with Crippen LogP contribution in [-0.4, -0.2) is 19.4 Å². The minimum absolute atomic E-state index is 0.276. The maximum Gasteiger partial charge on any atom is 0.165 e. The molecule has 2 N–H and O–H groups in total. The van der Waals surface area contributed by atoms with Crippen molar-refractivity contribution in [2.24, 2.45) is 0 Å². The smallest absolute Gasteiger partial charge is 0.165 e. The molecule has 1 heterocycles. The van der Waals surface area contributed by atoms with Crippen molar-refractivity contribution in [2.45, 2.75) is 11.4 Å². The Balaban J connectivity index is 1.86. The molecule has 0 fully saturated rings. The van der Waals surface area contributed by atoms with Crippen LogP contribution in [0.4, 0.5) is 15.8 Å². The van der Waals surface area contributed by atoms with E-state index in [-0.39, 0.29) is 11.6 Å². The first-order valence-electron chi connectivity index (χ1n) is 6.77. The van der Waals surface area contributed by atoms with E-state index in [2.05, 4.69) is 11.0 Å². The Morgan fingerprint density at radius 2 is 2.14 bits per heavy atom. The molecule has 0 bridgehead atoms. The second-order valence-corrected chi connectivity index (χ2v) is 6.10. The number of benzene rings is 2. The van der Waals surface area contributed by atoms with Crippen LogP contribution in [-0.2, 0) is 6.54 Å². The number of nitrogen functional groups attached to an aromatic ring is 1. The summed E-state index contributed by atoms with van der Waals surface area (Å²) in [6.07, 6.45) is 0. The van der Waals surface area contributed by atoms with Crippen molar-refractivity contribution in [2.75, 3.05) is 30.0 Å². The van der Waals surface area contributed by atoms with Gasteiger partial charge in [-0.3, -0.25) is 0 Å². The van der Waals surface area contributed by atoms with Crippen LogP contribution in [0.25, 0.3) is 0 Å². The van der Waals surface area contributed by atoms with Crippen LogP contribution in [0.2, 0.25) is 0 Å². The Morgan fingerprint density at radius 1 is 1.29 bits per heavy atom. The zero-order chi connectivity index (χ0) is 14.8. The maximum atomic E-state index is 13.8. The van der Waals surface area contributed by atoms with Crippen LogP contribution in [0.15, 0.2) is 41.3 Å². The summed E-state index contributed by atoms with van der Waals surface area (Å²) in [4.78, 5) is 3.47. The number of methoxy groups -OCH3 is 1. The Labute approximate surface area is 127 Å². The Kier molecular flexibility index (Phi) is 3.92. The molecule has 0 atom stereocenters. The summed E-state index contributed by atoms with van der Waals surface area (Å²) in [5.74, 6) is 0.974. The van der Waals surface area contributed by atoms with Crippen LogP contribution in [0.5, 0.6) is 5.75 Å². The number of rotatable bonds is 3. The third-order valence-electron chi connectivity index (χ3n) is 3.53. The molecule has 0 aromatic heterocycles. The standard InChI is InChI=1S/C16H17FN2OS/c1-20-15-4-2-11(8-13(15)17)10-19-6-7-21-16-5-3-12(18)9-14(16)19/h2-5,8-9H,6-7,10,18H2,1H3. The lowest BCUT2D eigenvalue weighted by Gasteiger charge is -2.31. The van der Waals surface area contributed by atoms with E-state index in [1.807, 2.05) is 30.0 Å². The van der Waals surface area contributed by atoms with E-state index in [0.717, 1.165) is 29.2 Å². The second kappa shape index (κ2) is 5.85. The van der Waals surface area contributed by atoms with Crippen molar-refractivity contribution in [3.63, 3.8) is 0 Å². The van der Waals surface area contributed by atoms with Gasteiger partial charge in [0.1, 0.15) is 0 Å². The highest BCUT2D eigenvalue weighted by Crippen LogP contribution is 2.36. The van der Waals surface area contributed by atoms with Gasteiger partial charge in [-0.2, -0.15) is 0 Å². The number of anilines is 2. The van der Waals surface area contributed by atoms with Gasteiger partial charge in [0.15, 0.2) is 11.6 Å². The van der Waals surface area contributed by atoms with Gasteiger partial charge in [0.05, 0.1) is 12.8 Å². The van der Waals surface area contributed by atoms with Crippen LogP contribution in [0.3, 0.4) is 0 Å². The van der Waals surface area contributed by atoms with E-state index in [0.29, 0.717) is 6.54 Å². The number of nitrogens with zero attached hydrogens (tertiary/aromatic N) is 1. The number of ether oxygens (including phenoxy) is 1. The second-order valence-electron chi connectivity index (χ2n) is 4.97. The van der Waals surface area contributed by atoms with E-state index in [9.17, 15) is 4.39 Å². The molecule has 0 unspecified atom stereocenters. The van der Waals surface area contributed by atoms with Crippen molar-refractivity contribution in [1.82, 2.24) is 0 Å². The summed E-state index contributed by atoms with van der Waals surface area (Å²) in [7, 11) is 1.47. The van der Waals surface area contributed by atoms with Gasteiger partial charge in [-0.05, 0) is 35.9 Å². The molecule has 1 aliphatic rings. The molecule has 0 aliphatic carbocycles. The molecule has 110 valence electrons. The average Bonchev–Trinajstić information content (AvgIpc) is 2.48. The Morgan fingerprint density at radius 3 is 2.90 bits per heavy atom. The summed E-state index contributed by atoms with van der Waals surface area (Å²) < 4.78 is 18.8. The molecule has 0 saturated heterocycles. The minimum Gasteiger partial charge on any atom is -0.494 e. The molecule has 5 heteroatoms. The SMILES string of the molecule is COc1ccc(CN2CCSc3ccc(N)cc32)cc1F. The number of fused-ring (bicyclic) bond motifs is 1. The molecule has 0 radical (unpaired) electrons. The van der Waals surface area contributed by atoms with Crippen molar-refractivity contribution in [1.29, 1.82) is 0 Å². The predicted octanol–water partition coefficient (Wildman–Crippen LogP) is 3.53. The molecule has 21 heavy (non-hydrogen) atoms. The number of nitrogens with two attached hydrogens (primary N) is 1. The average molecular weight is 304 g/mol. The molecule has 0 spiro atoms. The lowest BCUT2D eigenvalue weighted by molar-refractivity contribution is 0.386. The first-order valence-corrected chi connectivity index (χ1v) is 7.75. The summed E-state index contributed by atoms with van der Waals surface area (Å²) in [6.45, 7) is 1.59. The molecule has 0 saturated carbocycles. The minimum atomic E-state index is -0.325. The zero-order valence-corrected chi connectivity index (χ0v) is 12.6. The fourth-order valence-corrected chi connectivity index (χ4v) is 3.51. The summed E-state index contributed by atoms with van der Waals surface area (Å²) in [5.41, 5.74) is 8.69. The van der Waals surface area contributed by atoms with Crippen molar-refractivity contribution in [3.05, 3.63) is 47.8 Å². The maximum absolute atomic E-state index is 13.8. The Hall–Kier alpha value is -1.88. The molecule has 2 aromatic rings. The normalized spacial score (nSPS) is 13.9. The summed E-state index contributed by atoms with van der Waals surface area (Å²) >= 11 is 1.83. The Bertz CT molecular complexity index is 663. The van der Waals surface area contributed by atoms with Gasteiger partial charge in [-0.15, -0.1) is 11.8 Å². The van der Waals surface area contributed by atoms with Gasteiger partial charge >= 0.3 is 0 Å². The van der Waals surface area contributed by atoms with Gasteiger partial charge in [-0.1, -0.05) is 6.07 Å². The topological polar surface area (TPSA) is 38.5 Å². The molecule has 3 nitrogen and oxygen atoms in total. The lowest BCUT2D eigenvalue weighted by atomic mass is 10.1. The van der Waals surface area contributed by atoms with Gasteiger partial charge in [0.25, 0.3) is 0 Å². The van der Waals surface area contributed by atoms with Gasteiger partial charge in [0.2, 0.25) is 0 Å². The molecule has 1 aliphatic heterocycles. The molecule has 3 rings (SSSR count). The quantitative estimate of drug-likeness (QED) is 0.881. The number of halogens is 1. The van der Waals surface area contributed by atoms with E-state index >= 15 is 0 Å². The van der Waals surface area contributed by atoms with Crippen LogP contribution in [0.1, 0.15) is 5.56 Å². The monoisotopic (exact) mass is 304 g/mol. The molecular formula is C16H17FN2OS. The number of hydrogen-bond donors (Lipinski definition) is 1. The zero-order valence-electron chi connectivity index (χ0n) is 11.8. The van der Waals surface area contributed by atoms with E-state index in [1.165, 1.54) is 18.1 Å². The fraction of sp³-hybridized carbons (Fsp3) is 0.250. The number of hydrogen-bond acceptors (Lipinski definition) is 4. The highest BCUT2D eigenvalue weighted by Gasteiger charge is 2.18. The summed E-state index contributed by atoms with van der Waals surface area (Å²) in [5, 5.41) is 0. The first-order chi connectivity index (χ1) is 10.2. The van der Waals surface area contributed by atoms with Gasteiger partial charge < -0.3 is 15.4 Å². The third-order valence-corrected chi connectivity index (χ3v) is 4.58. The van der Waals surface area contributed by atoms with Crippen molar-refractivity contribution in [3.8, 4) is 5.75 Å². The van der Waals surface area contributed by atoms with Crippen LogP contribution >= 0.6 is 11.8 Å². The molecule has 0 amide bonds. The third kappa shape index (κ3) is 2.93. The lowest BCUT2D eigenvalue weighted by Crippen LogP contribution is -2.28. The van der Waals surface area contributed by atoms with E-state index in [4.69, 9.17) is 10.5 Å². The fourth-order valence-electron chi connectivity index (χ4n) is 2.48. The van der Waals surface area contributed by atoms with Gasteiger partial charge in [-0.25, -0.2) is 4.39 Å².